The van der Waals surface area contributed by atoms with Crippen LogP contribution in [0, 0.1) is 12.7 Å². The number of hydrogen-bond donors (Lipinski definition) is 1. The fourth-order valence-electron chi connectivity index (χ4n) is 1.60. The normalized spacial score (nSPS) is 10.2. The number of hydrogen-bond acceptors (Lipinski definition) is 2. The van der Waals surface area contributed by atoms with Crippen molar-refractivity contribution in [2.75, 3.05) is 11.1 Å². The van der Waals surface area contributed by atoms with E-state index in [0.29, 0.717) is 5.75 Å². The maximum absolute atomic E-state index is 12.7. The Kier molecular flexibility index (Phi) is 4.58. The Bertz CT molecular complexity index is 569. The molecule has 0 atom stereocenters. The molecule has 2 aromatic rings. The zero-order chi connectivity index (χ0) is 13.7. The van der Waals surface area contributed by atoms with Crippen LogP contribution in [-0.2, 0) is 4.79 Å². The Morgan fingerprint density at radius 3 is 2.63 bits per heavy atom. The second-order valence-corrected chi connectivity index (χ2v) is 5.21. The van der Waals surface area contributed by atoms with E-state index in [4.69, 9.17) is 0 Å². The van der Waals surface area contributed by atoms with Crippen molar-refractivity contribution in [2.45, 2.75) is 11.8 Å². The van der Waals surface area contributed by atoms with Crippen LogP contribution in [0.5, 0.6) is 0 Å². The third-order valence-electron chi connectivity index (χ3n) is 2.49. The topological polar surface area (TPSA) is 29.1 Å². The number of nitrogens with one attached hydrogen (secondary N) is 1. The van der Waals surface area contributed by atoms with Crippen molar-refractivity contribution in [3.63, 3.8) is 0 Å². The Morgan fingerprint density at radius 2 is 1.95 bits per heavy atom. The zero-order valence-corrected chi connectivity index (χ0v) is 11.3. The molecule has 2 aromatic carbocycles. The van der Waals surface area contributed by atoms with Gasteiger partial charge < -0.3 is 5.32 Å². The lowest BCUT2D eigenvalue weighted by atomic mass is 10.2. The van der Waals surface area contributed by atoms with E-state index < -0.39 is 0 Å². The monoisotopic (exact) mass is 275 g/mol. The summed E-state index contributed by atoms with van der Waals surface area (Å²) in [5.41, 5.74) is 1.90. The van der Waals surface area contributed by atoms with Gasteiger partial charge in [0.15, 0.2) is 0 Å². The molecular weight excluding hydrogens is 261 g/mol. The number of benzene rings is 2. The standard InChI is InChI=1S/C15H14FNOS/c1-11-3-2-4-13(9-11)17-15(18)10-19-14-7-5-12(16)6-8-14/h2-9H,10H2,1H3,(H,17,18). The SMILES string of the molecule is Cc1cccc(NC(=O)CSc2ccc(F)cc2)c1. The minimum Gasteiger partial charge on any atom is -0.325 e. The molecule has 19 heavy (non-hydrogen) atoms. The quantitative estimate of drug-likeness (QED) is 0.858. The predicted molar refractivity (Wildman–Crippen MR) is 76.9 cm³/mol. The van der Waals surface area contributed by atoms with Gasteiger partial charge in [0.2, 0.25) is 5.91 Å². The van der Waals surface area contributed by atoms with E-state index in [1.165, 1.54) is 23.9 Å². The highest BCUT2D eigenvalue weighted by molar-refractivity contribution is 8.00. The van der Waals surface area contributed by atoms with E-state index in [0.717, 1.165) is 16.1 Å². The summed E-state index contributed by atoms with van der Waals surface area (Å²) in [5, 5.41) is 2.83. The number of thioether (sulfide) groups is 1. The van der Waals surface area contributed by atoms with Crippen LogP contribution < -0.4 is 5.32 Å². The maximum Gasteiger partial charge on any atom is 0.234 e. The fourth-order valence-corrected chi connectivity index (χ4v) is 2.30. The summed E-state index contributed by atoms with van der Waals surface area (Å²) >= 11 is 1.38. The van der Waals surface area contributed by atoms with E-state index >= 15 is 0 Å². The van der Waals surface area contributed by atoms with Crippen molar-refractivity contribution in [1.29, 1.82) is 0 Å². The summed E-state index contributed by atoms with van der Waals surface area (Å²) in [7, 11) is 0. The molecule has 0 saturated carbocycles. The second-order valence-electron chi connectivity index (χ2n) is 4.16. The van der Waals surface area contributed by atoms with Gasteiger partial charge in [0.05, 0.1) is 5.75 Å². The van der Waals surface area contributed by atoms with Crippen molar-refractivity contribution in [1.82, 2.24) is 0 Å². The molecule has 0 aliphatic rings. The summed E-state index contributed by atoms with van der Waals surface area (Å²) < 4.78 is 12.7. The van der Waals surface area contributed by atoms with Crippen LogP contribution in [0.25, 0.3) is 0 Å². The van der Waals surface area contributed by atoms with E-state index in [9.17, 15) is 9.18 Å². The van der Waals surface area contributed by atoms with Crippen LogP contribution in [0.15, 0.2) is 53.4 Å². The Morgan fingerprint density at radius 1 is 1.21 bits per heavy atom. The van der Waals surface area contributed by atoms with Gasteiger partial charge in [-0.1, -0.05) is 12.1 Å². The summed E-state index contributed by atoms with van der Waals surface area (Å²) in [4.78, 5) is 12.6. The second kappa shape index (κ2) is 6.38. The smallest absolute Gasteiger partial charge is 0.234 e. The first-order chi connectivity index (χ1) is 9.13. The minimum absolute atomic E-state index is 0.0695. The highest BCUT2D eigenvalue weighted by Crippen LogP contribution is 2.18. The van der Waals surface area contributed by atoms with Crippen molar-refractivity contribution in [3.05, 3.63) is 59.9 Å². The molecule has 0 unspecified atom stereocenters. The van der Waals surface area contributed by atoms with Gasteiger partial charge in [0, 0.05) is 10.6 Å². The molecule has 1 N–H and O–H groups in total. The van der Waals surface area contributed by atoms with Gasteiger partial charge in [-0.05, 0) is 48.9 Å². The molecule has 0 saturated heterocycles. The van der Waals surface area contributed by atoms with Crippen LogP contribution in [0.2, 0.25) is 0 Å². The predicted octanol–water partition coefficient (Wildman–Crippen LogP) is 3.86. The molecule has 2 nitrogen and oxygen atoms in total. The molecule has 2 rings (SSSR count). The first-order valence-corrected chi connectivity index (χ1v) is 6.87. The third-order valence-corrected chi connectivity index (χ3v) is 3.50. The lowest BCUT2D eigenvalue weighted by Crippen LogP contribution is -2.13. The summed E-state index contributed by atoms with van der Waals surface area (Å²) in [6.45, 7) is 1.98. The van der Waals surface area contributed by atoms with Crippen LogP contribution in [0.3, 0.4) is 0 Å². The largest absolute Gasteiger partial charge is 0.325 e. The third kappa shape index (κ3) is 4.41. The zero-order valence-electron chi connectivity index (χ0n) is 10.5. The van der Waals surface area contributed by atoms with Crippen LogP contribution >= 0.6 is 11.8 Å². The molecule has 4 heteroatoms. The first-order valence-electron chi connectivity index (χ1n) is 5.88. The van der Waals surface area contributed by atoms with Gasteiger partial charge in [-0.25, -0.2) is 4.39 Å². The number of rotatable bonds is 4. The number of carbonyl (C=O) groups excluding carboxylic acids is 1. The molecule has 0 heterocycles. The molecular formula is C15H14FNOS. The number of halogens is 1. The van der Waals surface area contributed by atoms with Gasteiger partial charge in [0.1, 0.15) is 5.82 Å². The van der Waals surface area contributed by atoms with Crippen LogP contribution in [0.1, 0.15) is 5.56 Å². The lowest BCUT2D eigenvalue weighted by molar-refractivity contribution is -0.113. The van der Waals surface area contributed by atoms with E-state index in [1.54, 1.807) is 12.1 Å². The highest BCUT2D eigenvalue weighted by Gasteiger charge is 2.04. The van der Waals surface area contributed by atoms with Crippen molar-refractivity contribution < 1.29 is 9.18 Å². The average molecular weight is 275 g/mol. The Balaban J connectivity index is 1.86. The molecule has 1 amide bonds. The van der Waals surface area contributed by atoms with E-state index in [-0.39, 0.29) is 11.7 Å². The van der Waals surface area contributed by atoms with Gasteiger partial charge >= 0.3 is 0 Å². The lowest BCUT2D eigenvalue weighted by Gasteiger charge is -2.06. The summed E-state index contributed by atoms with van der Waals surface area (Å²) in [6, 6.07) is 13.8. The van der Waals surface area contributed by atoms with Gasteiger partial charge in [-0.15, -0.1) is 11.8 Å². The first kappa shape index (κ1) is 13.6. The van der Waals surface area contributed by atoms with Crippen LogP contribution in [-0.4, -0.2) is 11.7 Å². The minimum atomic E-state index is -0.270. The molecule has 0 aliphatic carbocycles. The van der Waals surface area contributed by atoms with Crippen molar-refractivity contribution in [2.24, 2.45) is 0 Å². The molecule has 98 valence electrons. The van der Waals surface area contributed by atoms with Crippen LogP contribution in [0.4, 0.5) is 10.1 Å². The molecule has 0 spiro atoms. The highest BCUT2D eigenvalue weighted by atomic mass is 32.2. The molecule has 0 bridgehead atoms. The van der Waals surface area contributed by atoms with Gasteiger partial charge in [0.25, 0.3) is 0 Å². The van der Waals surface area contributed by atoms with Crippen molar-refractivity contribution >= 4 is 23.4 Å². The fraction of sp³-hybridized carbons (Fsp3) is 0.133. The van der Waals surface area contributed by atoms with Crippen molar-refractivity contribution in [3.8, 4) is 0 Å². The average Bonchev–Trinajstić information content (AvgIpc) is 2.38. The van der Waals surface area contributed by atoms with E-state index in [2.05, 4.69) is 5.32 Å². The number of amides is 1. The van der Waals surface area contributed by atoms with E-state index in [1.807, 2.05) is 31.2 Å². The molecule has 0 radical (unpaired) electrons. The number of anilines is 1. The molecule has 0 aliphatic heterocycles. The summed E-state index contributed by atoms with van der Waals surface area (Å²) in [6.07, 6.45) is 0. The molecule has 0 aromatic heterocycles. The van der Waals surface area contributed by atoms with Gasteiger partial charge in [-0.3, -0.25) is 4.79 Å². The Labute approximate surface area is 116 Å². The Hall–Kier alpha value is -1.81. The number of carbonyl (C=O) groups is 1. The van der Waals surface area contributed by atoms with Gasteiger partial charge in [-0.2, -0.15) is 0 Å². The summed E-state index contributed by atoms with van der Waals surface area (Å²) in [5.74, 6) is -0.0342. The molecule has 0 fully saturated rings. The maximum atomic E-state index is 12.7. The number of aryl methyl sites for hydroxylation is 1.